The first-order valence-corrected chi connectivity index (χ1v) is 6.78. The molecule has 15 heavy (non-hydrogen) atoms. The molecule has 1 atom stereocenters. The lowest BCUT2D eigenvalue weighted by molar-refractivity contribution is 0.282. The minimum Gasteiger partial charge on any atom is -0.494 e. The van der Waals surface area contributed by atoms with Crippen LogP contribution in [0.3, 0.4) is 0 Å². The first-order valence-electron chi connectivity index (χ1n) is 5.16. The van der Waals surface area contributed by atoms with Crippen molar-refractivity contribution in [3.63, 3.8) is 0 Å². The van der Waals surface area contributed by atoms with E-state index in [0.29, 0.717) is 5.92 Å². The van der Waals surface area contributed by atoms with Gasteiger partial charge in [0.1, 0.15) is 5.75 Å². The molecule has 0 spiro atoms. The van der Waals surface area contributed by atoms with Gasteiger partial charge in [-0.05, 0) is 59.5 Å². The second-order valence-corrected chi connectivity index (χ2v) is 5.30. The normalized spacial score (nSPS) is 12.5. The van der Waals surface area contributed by atoms with Gasteiger partial charge in [-0.1, -0.05) is 13.0 Å². The third-order valence-corrected chi connectivity index (χ3v) is 3.17. The first-order chi connectivity index (χ1) is 7.22. The first kappa shape index (κ1) is 13.1. The maximum atomic E-state index is 5.67. The number of hydrogen-bond donors (Lipinski definition) is 0. The van der Waals surface area contributed by atoms with E-state index >= 15 is 0 Å². The Labute approximate surface area is 110 Å². The summed E-state index contributed by atoms with van der Waals surface area (Å²) in [6.45, 7) is 2.98. The van der Waals surface area contributed by atoms with Gasteiger partial charge in [0.15, 0.2) is 0 Å². The quantitative estimate of drug-likeness (QED) is 0.554. The molecule has 0 amide bonds. The fourth-order valence-electron chi connectivity index (χ4n) is 1.27. The zero-order valence-electron chi connectivity index (χ0n) is 8.88. The van der Waals surface area contributed by atoms with Crippen LogP contribution >= 0.6 is 34.2 Å². The van der Waals surface area contributed by atoms with Crippen LogP contribution < -0.4 is 4.74 Å². The summed E-state index contributed by atoms with van der Waals surface area (Å²) < 4.78 is 6.86. The average molecular weight is 339 g/mol. The molecule has 0 fully saturated rings. The molecule has 0 bridgehead atoms. The Kier molecular flexibility index (Phi) is 6.41. The fourth-order valence-corrected chi connectivity index (χ4v) is 2.15. The molecular formula is C12H16ClIO. The molecule has 1 aromatic rings. The van der Waals surface area contributed by atoms with Crippen molar-refractivity contribution in [1.29, 1.82) is 0 Å². The summed E-state index contributed by atoms with van der Waals surface area (Å²) in [5.41, 5.74) is 0. The molecule has 0 aliphatic heterocycles. The number of hydrogen-bond acceptors (Lipinski definition) is 1. The van der Waals surface area contributed by atoms with Gasteiger partial charge in [0.25, 0.3) is 0 Å². The molecule has 1 unspecified atom stereocenters. The Hall–Kier alpha value is 0.0400. The summed E-state index contributed by atoms with van der Waals surface area (Å²) in [6, 6.07) is 8.12. The Bertz CT molecular complexity index is 291. The second kappa shape index (κ2) is 7.34. The number of benzene rings is 1. The van der Waals surface area contributed by atoms with Crippen LogP contribution in [0.5, 0.6) is 5.75 Å². The Balaban J connectivity index is 2.25. The van der Waals surface area contributed by atoms with Crippen LogP contribution in [0.25, 0.3) is 0 Å². The van der Waals surface area contributed by atoms with Gasteiger partial charge in [0, 0.05) is 9.45 Å². The zero-order valence-corrected chi connectivity index (χ0v) is 11.8. The van der Waals surface area contributed by atoms with Gasteiger partial charge >= 0.3 is 0 Å². The third kappa shape index (κ3) is 5.61. The van der Waals surface area contributed by atoms with Crippen molar-refractivity contribution in [3.8, 4) is 5.75 Å². The second-order valence-electron chi connectivity index (χ2n) is 3.68. The highest BCUT2D eigenvalue weighted by atomic mass is 127. The van der Waals surface area contributed by atoms with E-state index in [1.54, 1.807) is 0 Å². The van der Waals surface area contributed by atoms with Crippen molar-refractivity contribution in [2.75, 3.05) is 12.5 Å². The van der Waals surface area contributed by atoms with Gasteiger partial charge in [0.2, 0.25) is 0 Å². The lowest BCUT2D eigenvalue weighted by atomic mass is 10.1. The lowest BCUT2D eigenvalue weighted by Crippen LogP contribution is -2.04. The van der Waals surface area contributed by atoms with E-state index in [2.05, 4.69) is 35.6 Å². The highest BCUT2D eigenvalue weighted by molar-refractivity contribution is 14.1. The van der Waals surface area contributed by atoms with Crippen LogP contribution in [0.4, 0.5) is 0 Å². The van der Waals surface area contributed by atoms with Crippen LogP contribution in [-0.4, -0.2) is 12.5 Å². The third-order valence-electron chi connectivity index (χ3n) is 2.28. The Morgan fingerprint density at radius 1 is 1.40 bits per heavy atom. The van der Waals surface area contributed by atoms with E-state index in [1.165, 1.54) is 3.57 Å². The minimum atomic E-state index is 0.644. The SMILES string of the molecule is CC(CCCl)CCOc1cccc(I)c1. The van der Waals surface area contributed by atoms with Crippen molar-refractivity contribution in [2.24, 2.45) is 5.92 Å². The molecule has 84 valence electrons. The molecule has 0 radical (unpaired) electrons. The molecule has 0 aromatic heterocycles. The Morgan fingerprint density at radius 3 is 2.87 bits per heavy atom. The number of ether oxygens (including phenoxy) is 1. The van der Waals surface area contributed by atoms with Gasteiger partial charge in [-0.15, -0.1) is 11.6 Å². The van der Waals surface area contributed by atoms with Crippen LogP contribution in [0.2, 0.25) is 0 Å². The van der Waals surface area contributed by atoms with Crippen LogP contribution in [0.15, 0.2) is 24.3 Å². The highest BCUT2D eigenvalue weighted by Crippen LogP contribution is 2.16. The van der Waals surface area contributed by atoms with Crippen molar-refractivity contribution >= 4 is 34.2 Å². The average Bonchev–Trinajstić information content (AvgIpc) is 2.18. The van der Waals surface area contributed by atoms with Gasteiger partial charge in [-0.2, -0.15) is 0 Å². The highest BCUT2D eigenvalue weighted by Gasteiger charge is 2.01. The Morgan fingerprint density at radius 2 is 2.20 bits per heavy atom. The van der Waals surface area contributed by atoms with E-state index in [9.17, 15) is 0 Å². The van der Waals surface area contributed by atoms with Crippen molar-refractivity contribution < 1.29 is 4.74 Å². The van der Waals surface area contributed by atoms with Gasteiger partial charge < -0.3 is 4.74 Å². The van der Waals surface area contributed by atoms with Crippen molar-refractivity contribution in [1.82, 2.24) is 0 Å². The molecule has 1 rings (SSSR count). The van der Waals surface area contributed by atoms with Gasteiger partial charge in [-0.25, -0.2) is 0 Å². The molecule has 3 heteroatoms. The maximum absolute atomic E-state index is 5.67. The standard InChI is InChI=1S/C12H16ClIO/c1-10(5-7-13)6-8-15-12-4-2-3-11(14)9-12/h2-4,9-10H,5-8H2,1H3. The molecule has 0 saturated carbocycles. The molecule has 0 N–H and O–H groups in total. The zero-order chi connectivity index (χ0) is 11.1. The van der Waals surface area contributed by atoms with Crippen LogP contribution in [-0.2, 0) is 0 Å². The van der Waals surface area contributed by atoms with Crippen LogP contribution in [0, 0.1) is 9.49 Å². The lowest BCUT2D eigenvalue weighted by Gasteiger charge is -2.10. The summed E-state index contributed by atoms with van der Waals surface area (Å²) in [6.07, 6.45) is 2.13. The monoisotopic (exact) mass is 338 g/mol. The van der Waals surface area contributed by atoms with Gasteiger partial charge in [0.05, 0.1) is 6.61 Å². The van der Waals surface area contributed by atoms with Crippen LogP contribution in [0.1, 0.15) is 19.8 Å². The predicted octanol–water partition coefficient (Wildman–Crippen LogP) is 4.33. The van der Waals surface area contributed by atoms with E-state index in [0.717, 1.165) is 31.1 Å². The fraction of sp³-hybridized carbons (Fsp3) is 0.500. The molecule has 1 nitrogen and oxygen atoms in total. The van der Waals surface area contributed by atoms with E-state index in [1.807, 2.05) is 18.2 Å². The van der Waals surface area contributed by atoms with E-state index < -0.39 is 0 Å². The smallest absolute Gasteiger partial charge is 0.120 e. The number of alkyl halides is 1. The summed E-state index contributed by atoms with van der Waals surface area (Å²) in [5.74, 6) is 2.34. The predicted molar refractivity (Wildman–Crippen MR) is 73.8 cm³/mol. The summed E-state index contributed by atoms with van der Waals surface area (Å²) in [4.78, 5) is 0. The summed E-state index contributed by atoms with van der Waals surface area (Å²) >= 11 is 7.96. The molecule has 0 aliphatic rings. The summed E-state index contributed by atoms with van der Waals surface area (Å²) in [7, 11) is 0. The molecule has 1 aromatic carbocycles. The molecular weight excluding hydrogens is 322 g/mol. The van der Waals surface area contributed by atoms with E-state index in [-0.39, 0.29) is 0 Å². The minimum absolute atomic E-state index is 0.644. The maximum Gasteiger partial charge on any atom is 0.120 e. The number of halogens is 2. The summed E-state index contributed by atoms with van der Waals surface area (Å²) in [5, 5.41) is 0. The topological polar surface area (TPSA) is 9.23 Å². The largest absolute Gasteiger partial charge is 0.494 e. The van der Waals surface area contributed by atoms with Crippen molar-refractivity contribution in [3.05, 3.63) is 27.8 Å². The molecule has 0 heterocycles. The number of rotatable bonds is 6. The van der Waals surface area contributed by atoms with E-state index in [4.69, 9.17) is 16.3 Å². The van der Waals surface area contributed by atoms with Gasteiger partial charge in [-0.3, -0.25) is 0 Å². The van der Waals surface area contributed by atoms with Crippen molar-refractivity contribution in [2.45, 2.75) is 19.8 Å². The molecule has 0 saturated heterocycles. The molecule has 0 aliphatic carbocycles.